The summed E-state index contributed by atoms with van der Waals surface area (Å²) >= 11 is 0. The molecular weight excluding hydrogens is 320 g/mol. The SMILES string of the molecule is CCN(Cc1noc(CC(C)C)n1)C(=O)CCC(=O)NC1CCCC1. The molecule has 140 valence electrons. The molecule has 25 heavy (non-hydrogen) atoms. The molecule has 0 saturated heterocycles. The van der Waals surface area contributed by atoms with Gasteiger partial charge in [-0.1, -0.05) is 31.8 Å². The molecule has 1 saturated carbocycles. The first-order chi connectivity index (χ1) is 12.0. The summed E-state index contributed by atoms with van der Waals surface area (Å²) in [5, 5.41) is 6.96. The highest BCUT2D eigenvalue weighted by molar-refractivity contribution is 5.83. The highest BCUT2D eigenvalue weighted by Gasteiger charge is 2.20. The minimum atomic E-state index is -0.0562. The van der Waals surface area contributed by atoms with Crippen LogP contribution in [0.25, 0.3) is 0 Å². The van der Waals surface area contributed by atoms with Crippen LogP contribution >= 0.6 is 0 Å². The molecule has 1 aromatic heterocycles. The molecule has 0 atom stereocenters. The number of nitrogens with zero attached hydrogens (tertiary/aromatic N) is 3. The van der Waals surface area contributed by atoms with E-state index >= 15 is 0 Å². The zero-order chi connectivity index (χ0) is 18.2. The molecule has 1 aliphatic rings. The van der Waals surface area contributed by atoms with Crippen molar-refractivity contribution in [3.05, 3.63) is 11.7 Å². The standard InChI is InChI=1S/C18H30N4O3/c1-4-22(12-15-20-17(25-21-15)11-13(2)3)18(24)10-9-16(23)19-14-7-5-6-8-14/h13-14H,4-12H2,1-3H3,(H,19,23). The number of rotatable bonds is 9. The number of hydrogen-bond acceptors (Lipinski definition) is 5. The van der Waals surface area contributed by atoms with Gasteiger partial charge in [0.1, 0.15) is 0 Å². The lowest BCUT2D eigenvalue weighted by Crippen LogP contribution is -2.35. The number of carbonyl (C=O) groups is 2. The minimum absolute atomic E-state index is 0.0323. The van der Waals surface area contributed by atoms with Gasteiger partial charge in [-0.15, -0.1) is 0 Å². The van der Waals surface area contributed by atoms with Gasteiger partial charge in [0.05, 0.1) is 6.54 Å². The van der Waals surface area contributed by atoms with Crippen molar-refractivity contribution in [1.29, 1.82) is 0 Å². The van der Waals surface area contributed by atoms with Crippen LogP contribution in [0.1, 0.15) is 71.0 Å². The van der Waals surface area contributed by atoms with Crippen LogP contribution in [-0.2, 0) is 22.6 Å². The van der Waals surface area contributed by atoms with Crippen LogP contribution in [0.2, 0.25) is 0 Å². The van der Waals surface area contributed by atoms with Gasteiger partial charge in [0.2, 0.25) is 17.7 Å². The van der Waals surface area contributed by atoms with Gasteiger partial charge in [-0.3, -0.25) is 9.59 Å². The molecule has 0 spiro atoms. The molecule has 7 nitrogen and oxygen atoms in total. The lowest BCUT2D eigenvalue weighted by molar-refractivity contribution is -0.134. The third-order valence-corrected chi connectivity index (χ3v) is 4.45. The van der Waals surface area contributed by atoms with Crippen molar-refractivity contribution in [3.63, 3.8) is 0 Å². The Hall–Kier alpha value is -1.92. The Bertz CT molecular complexity index is 564. The molecule has 1 heterocycles. The monoisotopic (exact) mass is 350 g/mol. The van der Waals surface area contributed by atoms with Gasteiger partial charge in [0, 0.05) is 31.8 Å². The predicted molar refractivity (Wildman–Crippen MR) is 93.6 cm³/mol. The molecule has 1 aliphatic carbocycles. The van der Waals surface area contributed by atoms with Crippen LogP contribution in [-0.4, -0.2) is 39.4 Å². The Labute approximate surface area is 149 Å². The van der Waals surface area contributed by atoms with E-state index in [4.69, 9.17) is 4.52 Å². The topological polar surface area (TPSA) is 88.3 Å². The summed E-state index contributed by atoms with van der Waals surface area (Å²) in [4.78, 5) is 30.3. The van der Waals surface area contributed by atoms with Crippen molar-refractivity contribution in [2.24, 2.45) is 5.92 Å². The second-order valence-corrected chi connectivity index (χ2v) is 7.16. The number of carbonyl (C=O) groups excluding carboxylic acids is 2. The quantitative estimate of drug-likeness (QED) is 0.739. The largest absolute Gasteiger partial charge is 0.353 e. The number of nitrogens with one attached hydrogen (secondary N) is 1. The zero-order valence-corrected chi connectivity index (χ0v) is 15.6. The molecule has 1 aromatic rings. The van der Waals surface area contributed by atoms with Crippen molar-refractivity contribution in [3.8, 4) is 0 Å². The van der Waals surface area contributed by atoms with Gasteiger partial charge in [-0.2, -0.15) is 4.98 Å². The molecule has 0 bridgehead atoms. The van der Waals surface area contributed by atoms with Gasteiger partial charge in [-0.25, -0.2) is 0 Å². The first-order valence-electron chi connectivity index (χ1n) is 9.36. The lowest BCUT2D eigenvalue weighted by atomic mass is 10.1. The molecule has 0 unspecified atom stereocenters. The average molecular weight is 350 g/mol. The fourth-order valence-electron chi connectivity index (χ4n) is 3.08. The number of amides is 2. The molecular formula is C18H30N4O3. The van der Waals surface area contributed by atoms with E-state index in [-0.39, 0.29) is 24.7 Å². The Morgan fingerprint density at radius 2 is 2.00 bits per heavy atom. The molecule has 1 fully saturated rings. The van der Waals surface area contributed by atoms with Crippen LogP contribution in [0, 0.1) is 5.92 Å². The maximum Gasteiger partial charge on any atom is 0.226 e. The third-order valence-electron chi connectivity index (χ3n) is 4.45. The van der Waals surface area contributed by atoms with Crippen LogP contribution in [0.15, 0.2) is 4.52 Å². The van der Waals surface area contributed by atoms with Gasteiger partial charge in [-0.05, 0) is 25.7 Å². The number of hydrogen-bond donors (Lipinski definition) is 1. The first kappa shape index (κ1) is 19.4. The van der Waals surface area contributed by atoms with E-state index in [9.17, 15) is 9.59 Å². The second kappa shape index (κ2) is 9.53. The van der Waals surface area contributed by atoms with Crippen LogP contribution < -0.4 is 5.32 Å². The van der Waals surface area contributed by atoms with Gasteiger partial charge in [0.25, 0.3) is 0 Å². The first-order valence-corrected chi connectivity index (χ1v) is 9.36. The van der Waals surface area contributed by atoms with Crippen molar-refractivity contribution < 1.29 is 14.1 Å². The summed E-state index contributed by atoms with van der Waals surface area (Å²) in [6.45, 7) is 6.95. The van der Waals surface area contributed by atoms with Crippen molar-refractivity contribution in [2.45, 2.75) is 78.3 Å². The molecule has 2 rings (SSSR count). The highest BCUT2D eigenvalue weighted by Crippen LogP contribution is 2.17. The lowest BCUT2D eigenvalue weighted by Gasteiger charge is -2.19. The minimum Gasteiger partial charge on any atom is -0.353 e. The third kappa shape index (κ3) is 6.48. The Balaban J connectivity index is 1.77. The molecule has 0 aliphatic heterocycles. The summed E-state index contributed by atoms with van der Waals surface area (Å²) in [5.41, 5.74) is 0. The van der Waals surface area contributed by atoms with Crippen LogP contribution in [0.4, 0.5) is 0 Å². The maximum atomic E-state index is 12.4. The van der Waals surface area contributed by atoms with E-state index in [0.717, 1.165) is 19.3 Å². The fraction of sp³-hybridized carbons (Fsp3) is 0.778. The van der Waals surface area contributed by atoms with Crippen molar-refractivity contribution in [1.82, 2.24) is 20.4 Å². The van der Waals surface area contributed by atoms with E-state index in [1.54, 1.807) is 4.90 Å². The summed E-state index contributed by atoms with van der Waals surface area (Å²) in [5.74, 6) is 1.47. The van der Waals surface area contributed by atoms with E-state index in [1.165, 1.54) is 12.8 Å². The van der Waals surface area contributed by atoms with Gasteiger partial charge >= 0.3 is 0 Å². The Kier molecular flexibility index (Phi) is 7.40. The van der Waals surface area contributed by atoms with Gasteiger partial charge in [0.15, 0.2) is 5.82 Å². The molecule has 2 amide bonds. The molecule has 7 heteroatoms. The number of aromatic nitrogens is 2. The summed E-state index contributed by atoms with van der Waals surface area (Å²) in [6.07, 6.45) is 5.64. The van der Waals surface area contributed by atoms with E-state index in [1.807, 2.05) is 6.92 Å². The molecule has 0 radical (unpaired) electrons. The average Bonchev–Trinajstić information content (AvgIpc) is 3.21. The fourth-order valence-corrected chi connectivity index (χ4v) is 3.08. The molecule has 0 aromatic carbocycles. The summed E-state index contributed by atoms with van der Waals surface area (Å²) < 4.78 is 5.21. The van der Waals surface area contributed by atoms with E-state index in [2.05, 4.69) is 29.3 Å². The summed E-state index contributed by atoms with van der Waals surface area (Å²) in [6, 6.07) is 0.295. The Morgan fingerprint density at radius 1 is 1.28 bits per heavy atom. The predicted octanol–water partition coefficient (Wildman–Crippen LogP) is 2.46. The zero-order valence-electron chi connectivity index (χ0n) is 15.6. The van der Waals surface area contributed by atoms with Crippen LogP contribution in [0.3, 0.4) is 0 Å². The van der Waals surface area contributed by atoms with Crippen molar-refractivity contribution >= 4 is 11.8 Å². The van der Waals surface area contributed by atoms with E-state index < -0.39 is 0 Å². The highest BCUT2D eigenvalue weighted by atomic mass is 16.5. The van der Waals surface area contributed by atoms with E-state index in [0.29, 0.717) is 36.8 Å². The van der Waals surface area contributed by atoms with Crippen LogP contribution in [0.5, 0.6) is 0 Å². The second-order valence-electron chi connectivity index (χ2n) is 7.16. The molecule has 1 N–H and O–H groups in total. The van der Waals surface area contributed by atoms with Gasteiger partial charge < -0.3 is 14.7 Å². The smallest absolute Gasteiger partial charge is 0.226 e. The summed E-state index contributed by atoms with van der Waals surface area (Å²) in [7, 11) is 0. The Morgan fingerprint density at radius 3 is 2.64 bits per heavy atom. The normalized spacial score (nSPS) is 14.9. The maximum absolute atomic E-state index is 12.4. The van der Waals surface area contributed by atoms with Crippen molar-refractivity contribution in [2.75, 3.05) is 6.54 Å².